The quantitative estimate of drug-likeness (QED) is 0.339. The highest BCUT2D eigenvalue weighted by atomic mass is 32.1. The maximum absolute atomic E-state index is 12.5. The van der Waals surface area contributed by atoms with Gasteiger partial charge in [0.25, 0.3) is 17.5 Å². The maximum Gasteiger partial charge on any atom is 0.339 e. The van der Waals surface area contributed by atoms with E-state index in [9.17, 15) is 14.9 Å². The molecule has 0 aliphatic carbocycles. The highest BCUT2D eigenvalue weighted by molar-refractivity contribution is 7.13. The molecule has 146 valence electrons. The molecule has 1 atom stereocenters. The number of ether oxygens (including phenoxy) is 1. The number of thiophene rings is 1. The minimum Gasteiger partial charge on any atom is -0.449 e. The van der Waals surface area contributed by atoms with E-state index < -0.39 is 22.4 Å². The van der Waals surface area contributed by atoms with Gasteiger partial charge in [0, 0.05) is 11.6 Å². The fourth-order valence-electron chi connectivity index (χ4n) is 2.62. The third-order valence-electron chi connectivity index (χ3n) is 4.04. The molecule has 0 bridgehead atoms. The van der Waals surface area contributed by atoms with Crippen molar-refractivity contribution in [1.82, 2.24) is 10.2 Å². The summed E-state index contributed by atoms with van der Waals surface area (Å²) in [5.74, 6) is -0.206. The van der Waals surface area contributed by atoms with E-state index in [1.165, 1.54) is 23.5 Å². The van der Waals surface area contributed by atoms with Crippen molar-refractivity contribution in [3.8, 4) is 10.8 Å². The third-order valence-corrected chi connectivity index (χ3v) is 4.90. The van der Waals surface area contributed by atoms with Crippen LogP contribution in [0, 0.1) is 10.1 Å². The molecule has 0 fully saturated rings. The van der Waals surface area contributed by atoms with Crippen LogP contribution in [0.4, 0.5) is 5.69 Å². The highest BCUT2D eigenvalue weighted by Crippen LogP contribution is 2.32. The molecule has 0 radical (unpaired) electrons. The number of carbonyl (C=O) groups excluding carboxylic acids is 1. The zero-order chi connectivity index (χ0) is 20.5. The van der Waals surface area contributed by atoms with Gasteiger partial charge in [0.05, 0.1) is 15.4 Å². The first-order valence-corrected chi connectivity index (χ1v) is 9.42. The topological polar surface area (TPSA) is 108 Å². The number of nitro benzene ring substituents is 1. The molecular formula is C19H19N3O5S. The normalized spacial score (nSPS) is 12.6. The Morgan fingerprint density at radius 2 is 2.04 bits per heavy atom. The lowest BCUT2D eigenvalue weighted by Gasteiger charge is -2.19. The Bertz CT molecular complexity index is 1010. The predicted octanol–water partition coefficient (Wildman–Crippen LogP) is 4.92. The number of benzene rings is 1. The van der Waals surface area contributed by atoms with Crippen LogP contribution in [0.5, 0.6) is 0 Å². The zero-order valence-electron chi connectivity index (χ0n) is 15.8. The Labute approximate surface area is 165 Å². The number of carbonyl (C=O) groups is 1. The lowest BCUT2D eigenvalue weighted by atomic mass is 9.85. The summed E-state index contributed by atoms with van der Waals surface area (Å²) in [4.78, 5) is 24.2. The third kappa shape index (κ3) is 4.09. The summed E-state index contributed by atoms with van der Waals surface area (Å²) < 4.78 is 10.9. The summed E-state index contributed by atoms with van der Waals surface area (Å²) in [6, 6.07) is 8.05. The number of rotatable bonds is 5. The lowest BCUT2D eigenvalue weighted by Crippen LogP contribution is -2.15. The fourth-order valence-corrected chi connectivity index (χ4v) is 3.27. The van der Waals surface area contributed by atoms with E-state index in [0.717, 1.165) is 4.88 Å². The van der Waals surface area contributed by atoms with Crippen LogP contribution in [0.3, 0.4) is 0 Å². The van der Waals surface area contributed by atoms with Crippen molar-refractivity contribution in [2.45, 2.75) is 39.2 Å². The molecule has 2 heterocycles. The maximum atomic E-state index is 12.5. The molecule has 3 aromatic rings. The molecule has 1 unspecified atom stereocenters. The summed E-state index contributed by atoms with van der Waals surface area (Å²) in [6.45, 7) is 7.21. The van der Waals surface area contributed by atoms with Gasteiger partial charge in [0.15, 0.2) is 6.10 Å². The Balaban J connectivity index is 1.79. The van der Waals surface area contributed by atoms with Gasteiger partial charge in [-0.1, -0.05) is 32.9 Å². The van der Waals surface area contributed by atoms with E-state index in [1.807, 2.05) is 38.3 Å². The van der Waals surface area contributed by atoms with Gasteiger partial charge >= 0.3 is 5.97 Å². The standard InChI is InChI=1S/C19H19N3O5S/c1-11(16-20-21-17(27-16)15-6-5-9-28-15)26-18(23)12-7-8-13(19(2,3)4)14(10-12)22(24)25/h5-11H,1-4H3. The zero-order valence-corrected chi connectivity index (χ0v) is 16.6. The number of hydrogen-bond donors (Lipinski definition) is 0. The number of nitrogens with zero attached hydrogens (tertiary/aromatic N) is 3. The summed E-state index contributed by atoms with van der Waals surface area (Å²) in [5, 5.41) is 21.2. The first-order valence-electron chi connectivity index (χ1n) is 8.54. The van der Waals surface area contributed by atoms with Crippen LogP contribution in [0.1, 0.15) is 55.6 Å². The average molecular weight is 401 g/mol. The van der Waals surface area contributed by atoms with Gasteiger partial charge in [-0.25, -0.2) is 4.79 Å². The van der Waals surface area contributed by atoms with Crippen molar-refractivity contribution in [3.05, 3.63) is 62.8 Å². The second-order valence-electron chi connectivity index (χ2n) is 7.21. The first-order chi connectivity index (χ1) is 13.2. The molecule has 3 rings (SSSR count). The molecule has 0 amide bonds. The molecule has 9 heteroatoms. The summed E-state index contributed by atoms with van der Waals surface area (Å²) in [6.07, 6.45) is -0.796. The van der Waals surface area contributed by atoms with Crippen molar-refractivity contribution < 1.29 is 18.9 Å². The number of hydrogen-bond acceptors (Lipinski definition) is 8. The van der Waals surface area contributed by atoms with E-state index in [1.54, 1.807) is 13.0 Å². The van der Waals surface area contributed by atoms with Crippen LogP contribution in [-0.4, -0.2) is 21.1 Å². The van der Waals surface area contributed by atoms with E-state index in [-0.39, 0.29) is 17.1 Å². The van der Waals surface area contributed by atoms with E-state index >= 15 is 0 Å². The summed E-state index contributed by atoms with van der Waals surface area (Å²) in [7, 11) is 0. The molecule has 0 aliphatic rings. The summed E-state index contributed by atoms with van der Waals surface area (Å²) in [5.41, 5.74) is 0.0802. The molecule has 2 aromatic heterocycles. The Kier molecular flexibility index (Phi) is 5.28. The first kappa shape index (κ1) is 19.7. The Morgan fingerprint density at radius 1 is 1.29 bits per heavy atom. The van der Waals surface area contributed by atoms with Crippen LogP contribution in [0.25, 0.3) is 10.8 Å². The van der Waals surface area contributed by atoms with Crippen molar-refractivity contribution in [3.63, 3.8) is 0 Å². The smallest absolute Gasteiger partial charge is 0.339 e. The molecule has 0 spiro atoms. The van der Waals surface area contributed by atoms with Gasteiger partial charge in [-0.3, -0.25) is 10.1 Å². The van der Waals surface area contributed by atoms with E-state index in [2.05, 4.69) is 10.2 Å². The predicted molar refractivity (Wildman–Crippen MR) is 103 cm³/mol. The van der Waals surface area contributed by atoms with Gasteiger partial charge in [-0.15, -0.1) is 21.5 Å². The fraction of sp³-hybridized carbons (Fsp3) is 0.316. The molecule has 28 heavy (non-hydrogen) atoms. The minimum atomic E-state index is -0.796. The number of nitro groups is 1. The van der Waals surface area contributed by atoms with Gasteiger partial charge in [-0.2, -0.15) is 0 Å². The van der Waals surface area contributed by atoms with Gasteiger partial charge < -0.3 is 9.15 Å². The number of aromatic nitrogens is 2. The second-order valence-corrected chi connectivity index (χ2v) is 8.16. The van der Waals surface area contributed by atoms with Crippen LogP contribution in [0.2, 0.25) is 0 Å². The lowest BCUT2D eigenvalue weighted by molar-refractivity contribution is -0.386. The van der Waals surface area contributed by atoms with Crippen LogP contribution in [0.15, 0.2) is 40.1 Å². The minimum absolute atomic E-state index is 0.0875. The van der Waals surface area contributed by atoms with Crippen molar-refractivity contribution in [1.29, 1.82) is 0 Å². The summed E-state index contributed by atoms with van der Waals surface area (Å²) >= 11 is 1.45. The van der Waals surface area contributed by atoms with Crippen molar-refractivity contribution >= 4 is 23.0 Å². The number of esters is 1. The van der Waals surface area contributed by atoms with Gasteiger partial charge in [-0.05, 0) is 29.9 Å². The van der Waals surface area contributed by atoms with E-state index in [0.29, 0.717) is 11.5 Å². The molecule has 8 nitrogen and oxygen atoms in total. The molecular weight excluding hydrogens is 382 g/mol. The second kappa shape index (κ2) is 7.51. The largest absolute Gasteiger partial charge is 0.449 e. The Hall–Kier alpha value is -3.07. The van der Waals surface area contributed by atoms with Crippen LogP contribution >= 0.6 is 11.3 Å². The average Bonchev–Trinajstić information content (AvgIpc) is 3.31. The molecule has 0 aliphatic heterocycles. The SMILES string of the molecule is CC(OC(=O)c1ccc(C(C)(C)C)c([N+](=O)[O-])c1)c1nnc(-c2cccs2)o1. The van der Waals surface area contributed by atoms with E-state index in [4.69, 9.17) is 9.15 Å². The molecule has 0 saturated carbocycles. The molecule has 1 aromatic carbocycles. The molecule has 0 saturated heterocycles. The van der Waals surface area contributed by atoms with Crippen molar-refractivity contribution in [2.75, 3.05) is 0 Å². The van der Waals surface area contributed by atoms with Crippen molar-refractivity contribution in [2.24, 2.45) is 0 Å². The monoisotopic (exact) mass is 401 g/mol. The Morgan fingerprint density at radius 3 is 2.64 bits per heavy atom. The van der Waals surface area contributed by atoms with Crippen LogP contribution < -0.4 is 0 Å². The van der Waals surface area contributed by atoms with Crippen LogP contribution in [-0.2, 0) is 10.2 Å². The van der Waals surface area contributed by atoms with Gasteiger partial charge in [0.2, 0.25) is 0 Å². The highest BCUT2D eigenvalue weighted by Gasteiger charge is 2.27. The van der Waals surface area contributed by atoms with Gasteiger partial charge in [0.1, 0.15) is 0 Å². The molecule has 0 N–H and O–H groups in total.